The molecule has 2 aromatic heterocycles. The Hall–Kier alpha value is -3.15. The Bertz CT molecular complexity index is 825. The van der Waals surface area contributed by atoms with Crippen LogP contribution in [0.5, 0.6) is 0 Å². The zero-order valence-corrected chi connectivity index (χ0v) is 13.2. The summed E-state index contributed by atoms with van der Waals surface area (Å²) in [5, 5.41) is 6.91. The Morgan fingerprint density at radius 3 is 2.62 bits per heavy atom. The highest BCUT2D eigenvalue weighted by Crippen LogP contribution is 2.08. The lowest BCUT2D eigenvalue weighted by Crippen LogP contribution is -2.43. The lowest BCUT2D eigenvalue weighted by molar-refractivity contribution is -0.142. The summed E-state index contributed by atoms with van der Waals surface area (Å²) in [6.45, 7) is 0. The van der Waals surface area contributed by atoms with E-state index in [1.54, 1.807) is 16.8 Å². The molecule has 0 aliphatic rings. The molecule has 1 unspecified atom stereocenters. The van der Waals surface area contributed by atoms with Crippen molar-refractivity contribution in [3.8, 4) is 0 Å². The number of fused-ring (bicyclic) bond motifs is 1. The largest absolute Gasteiger partial charge is 0.467 e. The summed E-state index contributed by atoms with van der Waals surface area (Å²) in [5.74, 6) is -0.902. The number of ether oxygens (including phenoxy) is 1. The van der Waals surface area contributed by atoms with Gasteiger partial charge in [-0.3, -0.25) is 4.79 Å². The molecule has 6 heteroatoms. The van der Waals surface area contributed by atoms with Crippen LogP contribution < -0.4 is 5.32 Å². The first-order chi connectivity index (χ1) is 11.7. The van der Waals surface area contributed by atoms with Crippen molar-refractivity contribution < 1.29 is 14.3 Å². The van der Waals surface area contributed by atoms with Crippen LogP contribution in [0.3, 0.4) is 0 Å². The number of aromatic nitrogens is 2. The van der Waals surface area contributed by atoms with Gasteiger partial charge in [-0.15, -0.1) is 0 Å². The molecule has 1 atom stereocenters. The van der Waals surface area contributed by atoms with Crippen molar-refractivity contribution in [3.63, 3.8) is 0 Å². The van der Waals surface area contributed by atoms with Gasteiger partial charge in [-0.05, 0) is 23.8 Å². The van der Waals surface area contributed by atoms with Gasteiger partial charge in [0.25, 0.3) is 5.91 Å². The van der Waals surface area contributed by atoms with E-state index in [1.165, 1.54) is 7.11 Å². The molecule has 3 rings (SSSR count). The zero-order chi connectivity index (χ0) is 16.9. The number of esters is 1. The number of benzene rings is 1. The number of carbonyl (C=O) groups excluding carboxylic acids is 2. The monoisotopic (exact) mass is 323 g/mol. The molecular formula is C18H17N3O3. The van der Waals surface area contributed by atoms with Crippen molar-refractivity contribution in [1.29, 1.82) is 0 Å². The van der Waals surface area contributed by atoms with E-state index in [2.05, 4.69) is 10.4 Å². The van der Waals surface area contributed by atoms with Gasteiger partial charge in [0.2, 0.25) is 0 Å². The number of methoxy groups -OCH3 is 1. The fourth-order valence-corrected chi connectivity index (χ4v) is 2.47. The summed E-state index contributed by atoms with van der Waals surface area (Å²) in [5.41, 5.74) is 1.99. The van der Waals surface area contributed by atoms with Gasteiger partial charge in [-0.25, -0.2) is 9.31 Å². The van der Waals surface area contributed by atoms with E-state index < -0.39 is 17.9 Å². The van der Waals surface area contributed by atoms with Crippen LogP contribution in [0.15, 0.2) is 60.8 Å². The number of carbonyl (C=O) groups is 2. The predicted octanol–water partition coefficient (Wildman–Crippen LogP) is 1.85. The minimum absolute atomic E-state index is 0.253. The lowest BCUT2D eigenvalue weighted by Gasteiger charge is -2.15. The van der Waals surface area contributed by atoms with Crippen LogP contribution in [0, 0.1) is 0 Å². The van der Waals surface area contributed by atoms with E-state index in [1.807, 2.05) is 48.5 Å². The summed E-state index contributed by atoms with van der Waals surface area (Å²) >= 11 is 0. The van der Waals surface area contributed by atoms with Crippen molar-refractivity contribution in [1.82, 2.24) is 14.9 Å². The third-order valence-electron chi connectivity index (χ3n) is 3.68. The molecule has 122 valence electrons. The van der Waals surface area contributed by atoms with Crippen LogP contribution in [0.4, 0.5) is 0 Å². The molecule has 0 bridgehead atoms. The second-order valence-electron chi connectivity index (χ2n) is 5.34. The molecule has 0 saturated carbocycles. The van der Waals surface area contributed by atoms with Gasteiger partial charge in [0, 0.05) is 12.6 Å². The first kappa shape index (κ1) is 15.7. The van der Waals surface area contributed by atoms with Crippen molar-refractivity contribution in [2.45, 2.75) is 12.5 Å². The van der Waals surface area contributed by atoms with Crippen molar-refractivity contribution >= 4 is 17.4 Å². The third kappa shape index (κ3) is 3.43. The molecule has 1 N–H and O–H groups in total. The zero-order valence-electron chi connectivity index (χ0n) is 13.2. The highest BCUT2D eigenvalue weighted by Gasteiger charge is 2.23. The number of amides is 1. The van der Waals surface area contributed by atoms with Crippen molar-refractivity contribution in [2.24, 2.45) is 0 Å². The number of hydrogen-bond acceptors (Lipinski definition) is 4. The Labute approximate surface area is 139 Å². The molecule has 3 aromatic rings. The fraction of sp³-hybridized carbons (Fsp3) is 0.167. The van der Waals surface area contributed by atoms with Gasteiger partial charge in [-0.1, -0.05) is 36.4 Å². The lowest BCUT2D eigenvalue weighted by atomic mass is 10.1. The van der Waals surface area contributed by atoms with Crippen LogP contribution in [-0.4, -0.2) is 34.6 Å². The Kier molecular flexibility index (Phi) is 4.56. The number of nitrogens with one attached hydrogen (secondary N) is 1. The van der Waals surface area contributed by atoms with E-state index in [9.17, 15) is 9.59 Å². The molecule has 0 radical (unpaired) electrons. The van der Waals surface area contributed by atoms with Gasteiger partial charge in [0.15, 0.2) is 5.69 Å². The Morgan fingerprint density at radius 2 is 1.92 bits per heavy atom. The minimum atomic E-state index is -0.769. The van der Waals surface area contributed by atoms with Crippen molar-refractivity contribution in [2.75, 3.05) is 7.11 Å². The van der Waals surface area contributed by atoms with Crippen LogP contribution in [0.25, 0.3) is 5.52 Å². The summed E-state index contributed by atoms with van der Waals surface area (Å²) < 4.78 is 6.41. The highest BCUT2D eigenvalue weighted by atomic mass is 16.5. The fourth-order valence-electron chi connectivity index (χ4n) is 2.47. The topological polar surface area (TPSA) is 72.7 Å². The maximum absolute atomic E-state index is 12.4. The quantitative estimate of drug-likeness (QED) is 0.727. The third-order valence-corrected chi connectivity index (χ3v) is 3.68. The smallest absolute Gasteiger partial charge is 0.328 e. The molecule has 1 aromatic carbocycles. The second kappa shape index (κ2) is 6.95. The average molecular weight is 323 g/mol. The molecule has 0 aliphatic heterocycles. The SMILES string of the molecule is COC(=O)C(Cc1ccccc1)NC(=O)c1cc2ccccn2n1. The second-order valence-corrected chi connectivity index (χ2v) is 5.34. The van der Waals surface area contributed by atoms with Crippen LogP contribution >= 0.6 is 0 Å². The van der Waals surface area contributed by atoms with Crippen LogP contribution in [-0.2, 0) is 16.0 Å². The molecule has 0 aliphatic carbocycles. The van der Waals surface area contributed by atoms with E-state index in [0.717, 1.165) is 11.1 Å². The normalized spacial score (nSPS) is 11.9. The molecule has 0 saturated heterocycles. The standard InChI is InChI=1S/C18H17N3O3/c1-24-18(23)16(11-13-7-3-2-4-8-13)19-17(22)15-12-14-9-5-6-10-21(14)20-15/h2-10,12,16H,11H2,1H3,(H,19,22). The van der Waals surface area contributed by atoms with Gasteiger partial charge >= 0.3 is 5.97 Å². The van der Waals surface area contributed by atoms with Crippen molar-refractivity contribution in [3.05, 3.63) is 72.1 Å². The van der Waals surface area contributed by atoms with E-state index in [-0.39, 0.29) is 5.69 Å². The minimum Gasteiger partial charge on any atom is -0.467 e. The molecule has 0 fully saturated rings. The number of nitrogens with zero attached hydrogens (tertiary/aromatic N) is 2. The maximum atomic E-state index is 12.4. The molecular weight excluding hydrogens is 306 g/mol. The first-order valence-corrected chi connectivity index (χ1v) is 7.54. The van der Waals surface area contributed by atoms with Crippen LogP contribution in [0.2, 0.25) is 0 Å². The molecule has 2 heterocycles. The Balaban J connectivity index is 1.78. The maximum Gasteiger partial charge on any atom is 0.328 e. The highest BCUT2D eigenvalue weighted by molar-refractivity contribution is 5.96. The van der Waals surface area contributed by atoms with Gasteiger partial charge < -0.3 is 10.1 Å². The molecule has 6 nitrogen and oxygen atoms in total. The van der Waals surface area contributed by atoms with Gasteiger partial charge in [0.1, 0.15) is 6.04 Å². The van der Waals surface area contributed by atoms with E-state index in [0.29, 0.717) is 6.42 Å². The molecule has 24 heavy (non-hydrogen) atoms. The molecule has 0 spiro atoms. The predicted molar refractivity (Wildman–Crippen MR) is 88.6 cm³/mol. The number of pyridine rings is 1. The number of hydrogen-bond donors (Lipinski definition) is 1. The van der Waals surface area contributed by atoms with E-state index >= 15 is 0 Å². The van der Waals surface area contributed by atoms with E-state index in [4.69, 9.17) is 4.74 Å². The summed E-state index contributed by atoms with van der Waals surface area (Å²) in [6, 6.07) is 15.9. The molecule has 1 amide bonds. The summed E-state index contributed by atoms with van der Waals surface area (Å²) in [6.07, 6.45) is 2.11. The summed E-state index contributed by atoms with van der Waals surface area (Å²) in [4.78, 5) is 24.4. The van der Waals surface area contributed by atoms with Gasteiger partial charge in [-0.2, -0.15) is 5.10 Å². The first-order valence-electron chi connectivity index (χ1n) is 7.54. The number of rotatable bonds is 5. The van der Waals surface area contributed by atoms with Gasteiger partial charge in [0.05, 0.1) is 12.6 Å². The van der Waals surface area contributed by atoms with Crippen LogP contribution in [0.1, 0.15) is 16.1 Å². The summed E-state index contributed by atoms with van der Waals surface area (Å²) in [7, 11) is 1.30. The Morgan fingerprint density at radius 1 is 1.17 bits per heavy atom. The average Bonchev–Trinajstić information content (AvgIpc) is 3.05.